The molecule has 0 saturated heterocycles. The van der Waals surface area contributed by atoms with Gasteiger partial charge >= 0.3 is 0 Å². The molecular weight excluding hydrogens is 695 g/mol. The van der Waals surface area contributed by atoms with Crippen LogP contribution in [0.2, 0.25) is 0 Å². The molecule has 0 fully saturated rings. The predicted octanol–water partition coefficient (Wildman–Crippen LogP) is 15.1. The van der Waals surface area contributed by atoms with Gasteiger partial charge in [-0.1, -0.05) is 154 Å². The summed E-state index contributed by atoms with van der Waals surface area (Å²) in [6, 6.07) is 68.9. The maximum absolute atomic E-state index is 6.90. The number of hydrogen-bond acceptors (Lipinski definition) is 3. The summed E-state index contributed by atoms with van der Waals surface area (Å²) in [6.07, 6.45) is 0. The average Bonchev–Trinajstić information content (AvgIpc) is 3.62. The van der Waals surface area contributed by atoms with Gasteiger partial charge in [0.25, 0.3) is 0 Å². The fourth-order valence-corrected chi connectivity index (χ4v) is 8.23. The Morgan fingerprint density at radius 3 is 1.79 bits per heavy atom. The quantitative estimate of drug-likeness (QED) is 0.170. The molecule has 3 nitrogen and oxygen atoms in total. The number of para-hydroxylation sites is 2. The Labute approximate surface area is 333 Å². The smallest absolute Gasteiger partial charge is 0.137 e. The third kappa shape index (κ3) is 6.18. The van der Waals surface area contributed by atoms with Gasteiger partial charge in [-0.2, -0.15) is 0 Å². The number of ether oxygens (including phenoxy) is 1. The van der Waals surface area contributed by atoms with E-state index in [4.69, 9.17) is 9.15 Å². The minimum atomic E-state index is -0.0366. The van der Waals surface area contributed by atoms with Gasteiger partial charge in [0.15, 0.2) is 0 Å². The highest BCUT2D eigenvalue weighted by molar-refractivity contribution is 6.09. The van der Waals surface area contributed by atoms with Crippen molar-refractivity contribution in [1.82, 2.24) is 0 Å². The predicted molar refractivity (Wildman–Crippen MR) is 237 cm³/mol. The van der Waals surface area contributed by atoms with Gasteiger partial charge in [-0.3, -0.25) is 0 Å². The summed E-state index contributed by atoms with van der Waals surface area (Å²) in [5, 5.41) is 2.20. The second-order valence-corrected chi connectivity index (χ2v) is 15.7. The summed E-state index contributed by atoms with van der Waals surface area (Å²) >= 11 is 0. The SMILES string of the molecule is CC(C)(C)c1ccc(N(c2ccc3c(c2)Oc2ccccc2C3=C(c2ccccc2)c2ccccc2)c2ccc3c(c2)oc2ccccc23)c(-c2ccccc2)c1. The Hall–Kier alpha value is -7.10. The lowest BCUT2D eigenvalue weighted by Gasteiger charge is -2.31. The summed E-state index contributed by atoms with van der Waals surface area (Å²) in [6.45, 7) is 6.81. The molecule has 57 heavy (non-hydrogen) atoms. The molecule has 0 bridgehead atoms. The number of fused-ring (bicyclic) bond motifs is 5. The summed E-state index contributed by atoms with van der Waals surface area (Å²) in [5.41, 5.74) is 15.0. The second-order valence-electron chi connectivity index (χ2n) is 15.7. The Morgan fingerprint density at radius 1 is 0.456 bits per heavy atom. The van der Waals surface area contributed by atoms with E-state index in [2.05, 4.69) is 202 Å². The van der Waals surface area contributed by atoms with Crippen molar-refractivity contribution >= 4 is 50.1 Å². The summed E-state index contributed by atoms with van der Waals surface area (Å²) in [4.78, 5) is 2.35. The van der Waals surface area contributed by atoms with Crippen molar-refractivity contribution in [2.75, 3.05) is 4.90 Å². The van der Waals surface area contributed by atoms with E-state index in [1.165, 1.54) is 5.56 Å². The maximum Gasteiger partial charge on any atom is 0.137 e. The summed E-state index contributed by atoms with van der Waals surface area (Å²) in [5.74, 6) is 1.63. The van der Waals surface area contributed by atoms with E-state index in [0.29, 0.717) is 0 Å². The lowest BCUT2D eigenvalue weighted by atomic mass is 9.83. The van der Waals surface area contributed by atoms with Crippen molar-refractivity contribution in [3.8, 4) is 22.6 Å². The minimum Gasteiger partial charge on any atom is -0.456 e. The van der Waals surface area contributed by atoms with Crippen LogP contribution in [0, 0.1) is 0 Å². The zero-order valence-corrected chi connectivity index (χ0v) is 32.2. The Kier molecular flexibility index (Phi) is 8.38. The zero-order valence-electron chi connectivity index (χ0n) is 32.2. The molecule has 3 heteroatoms. The fraction of sp³-hybridized carbons (Fsp3) is 0.0741. The number of hydrogen-bond donors (Lipinski definition) is 0. The molecule has 0 atom stereocenters. The monoisotopic (exact) mass is 735 g/mol. The van der Waals surface area contributed by atoms with E-state index in [-0.39, 0.29) is 5.41 Å². The van der Waals surface area contributed by atoms with Crippen LogP contribution in [0.4, 0.5) is 17.1 Å². The van der Waals surface area contributed by atoms with Crippen LogP contribution >= 0.6 is 0 Å². The van der Waals surface area contributed by atoms with E-state index in [0.717, 1.165) is 95.0 Å². The molecule has 0 N–H and O–H groups in total. The Morgan fingerprint density at radius 2 is 1.05 bits per heavy atom. The molecule has 0 saturated carbocycles. The molecule has 1 aromatic heterocycles. The zero-order chi connectivity index (χ0) is 38.5. The number of rotatable bonds is 6. The average molecular weight is 736 g/mol. The van der Waals surface area contributed by atoms with Crippen LogP contribution in [0.3, 0.4) is 0 Å². The van der Waals surface area contributed by atoms with Gasteiger partial charge in [0.2, 0.25) is 0 Å². The fourth-order valence-electron chi connectivity index (χ4n) is 8.23. The Balaban J connectivity index is 1.24. The lowest BCUT2D eigenvalue weighted by Crippen LogP contribution is -2.15. The molecule has 0 amide bonds. The standard InChI is InChI=1S/C54H41NO2/c1-54(2,3)39-27-32-47(46(33-39)36-17-7-4-8-18-36)55(40-28-30-43-42-23-13-15-25-48(42)56-50(43)34-40)41-29-31-45-51(35-41)57-49-26-16-14-24-44(49)53(45)52(37-19-9-5-10-20-37)38-21-11-6-12-22-38/h4-35H,1-3H3. The van der Waals surface area contributed by atoms with Crippen molar-refractivity contribution < 1.29 is 9.15 Å². The van der Waals surface area contributed by atoms with Gasteiger partial charge in [0.05, 0.1) is 5.69 Å². The van der Waals surface area contributed by atoms with E-state index in [1.54, 1.807) is 0 Å². The largest absolute Gasteiger partial charge is 0.456 e. The normalized spacial score (nSPS) is 12.2. The first-order valence-corrected chi connectivity index (χ1v) is 19.6. The van der Waals surface area contributed by atoms with Gasteiger partial charge in [-0.15, -0.1) is 0 Å². The molecule has 2 heterocycles. The van der Waals surface area contributed by atoms with Crippen molar-refractivity contribution in [3.05, 3.63) is 222 Å². The molecule has 0 radical (unpaired) electrons. The van der Waals surface area contributed by atoms with Crippen LogP contribution in [0.5, 0.6) is 11.5 Å². The highest BCUT2D eigenvalue weighted by Crippen LogP contribution is 2.51. The van der Waals surface area contributed by atoms with Crippen LogP contribution in [0.15, 0.2) is 199 Å². The van der Waals surface area contributed by atoms with Gasteiger partial charge in [0, 0.05) is 56.5 Å². The van der Waals surface area contributed by atoms with Crippen molar-refractivity contribution in [2.24, 2.45) is 0 Å². The van der Waals surface area contributed by atoms with Crippen LogP contribution in [-0.4, -0.2) is 0 Å². The van der Waals surface area contributed by atoms with Crippen molar-refractivity contribution in [1.29, 1.82) is 0 Å². The van der Waals surface area contributed by atoms with Gasteiger partial charge in [0.1, 0.15) is 22.7 Å². The Bertz CT molecular complexity index is 2910. The summed E-state index contributed by atoms with van der Waals surface area (Å²) < 4.78 is 13.4. The first-order valence-electron chi connectivity index (χ1n) is 19.6. The molecule has 1 aliphatic heterocycles. The summed E-state index contributed by atoms with van der Waals surface area (Å²) in [7, 11) is 0. The molecule has 0 unspecified atom stereocenters. The maximum atomic E-state index is 6.90. The van der Waals surface area contributed by atoms with E-state index < -0.39 is 0 Å². The van der Waals surface area contributed by atoms with Crippen LogP contribution in [0.25, 0.3) is 44.2 Å². The highest BCUT2D eigenvalue weighted by atomic mass is 16.5. The van der Waals surface area contributed by atoms with Gasteiger partial charge < -0.3 is 14.1 Å². The van der Waals surface area contributed by atoms with Gasteiger partial charge in [-0.05, 0) is 81.8 Å². The van der Waals surface area contributed by atoms with E-state index in [1.807, 2.05) is 18.2 Å². The van der Waals surface area contributed by atoms with Gasteiger partial charge in [-0.25, -0.2) is 0 Å². The number of anilines is 3. The molecule has 8 aromatic carbocycles. The topological polar surface area (TPSA) is 25.6 Å². The van der Waals surface area contributed by atoms with Crippen molar-refractivity contribution in [2.45, 2.75) is 26.2 Å². The number of nitrogens with zero attached hydrogens (tertiary/aromatic N) is 1. The molecule has 0 aliphatic carbocycles. The third-order valence-corrected chi connectivity index (χ3v) is 11.1. The van der Waals surface area contributed by atoms with Crippen LogP contribution < -0.4 is 9.64 Å². The molecule has 1 aliphatic rings. The first-order chi connectivity index (χ1) is 27.9. The van der Waals surface area contributed by atoms with E-state index in [9.17, 15) is 0 Å². The highest BCUT2D eigenvalue weighted by Gasteiger charge is 2.29. The number of furan rings is 1. The van der Waals surface area contributed by atoms with E-state index >= 15 is 0 Å². The molecule has 0 spiro atoms. The van der Waals surface area contributed by atoms with Crippen molar-refractivity contribution in [3.63, 3.8) is 0 Å². The molecular formula is C54H41NO2. The third-order valence-electron chi connectivity index (χ3n) is 11.1. The van der Waals surface area contributed by atoms with Crippen LogP contribution in [-0.2, 0) is 5.41 Å². The number of benzene rings is 8. The lowest BCUT2D eigenvalue weighted by molar-refractivity contribution is 0.474. The molecule has 274 valence electrons. The first kappa shape index (κ1) is 34.4. The minimum absolute atomic E-state index is 0.0366. The second kappa shape index (κ2) is 13.9. The van der Waals surface area contributed by atoms with Crippen LogP contribution in [0.1, 0.15) is 48.6 Å². The molecule has 9 aromatic rings. The molecule has 10 rings (SSSR count).